The van der Waals surface area contributed by atoms with Crippen molar-refractivity contribution < 1.29 is 19.1 Å². The molecule has 4 rings (SSSR count). The lowest BCUT2D eigenvalue weighted by Crippen LogP contribution is -2.54. The van der Waals surface area contributed by atoms with Crippen LogP contribution in [-0.2, 0) is 19.7 Å². The lowest BCUT2D eigenvalue weighted by Gasteiger charge is -2.41. The maximum absolute atomic E-state index is 13.9. The number of rotatable bonds is 3. The highest BCUT2D eigenvalue weighted by atomic mass is 16.5. The van der Waals surface area contributed by atoms with Gasteiger partial charge in [-0.25, -0.2) is 0 Å². The van der Waals surface area contributed by atoms with Gasteiger partial charge in [0, 0.05) is 26.2 Å². The van der Waals surface area contributed by atoms with Crippen LogP contribution < -0.4 is 10.1 Å². The van der Waals surface area contributed by atoms with Gasteiger partial charge in [0.05, 0.1) is 24.6 Å². The Morgan fingerprint density at radius 1 is 1.18 bits per heavy atom. The second kappa shape index (κ2) is 8.11. The zero-order valence-corrected chi connectivity index (χ0v) is 16.6. The summed E-state index contributed by atoms with van der Waals surface area (Å²) in [5.74, 6) is 1.12. The van der Waals surface area contributed by atoms with Gasteiger partial charge < -0.3 is 19.7 Å². The first kappa shape index (κ1) is 19.2. The van der Waals surface area contributed by atoms with Crippen LogP contribution in [0.1, 0.15) is 50.5 Å². The van der Waals surface area contributed by atoms with E-state index < -0.39 is 5.41 Å². The van der Waals surface area contributed by atoms with Crippen LogP contribution in [-0.4, -0.2) is 55.7 Å². The molecule has 3 aliphatic heterocycles. The first-order valence-electron chi connectivity index (χ1n) is 10.5. The quantitative estimate of drug-likeness (QED) is 0.866. The minimum atomic E-state index is -0.550. The Kier molecular flexibility index (Phi) is 5.58. The van der Waals surface area contributed by atoms with Gasteiger partial charge in [0.15, 0.2) is 0 Å². The molecule has 2 amide bonds. The van der Waals surface area contributed by atoms with Crippen LogP contribution in [0.5, 0.6) is 5.75 Å². The molecule has 1 aromatic rings. The molecule has 0 spiro atoms. The highest BCUT2D eigenvalue weighted by Crippen LogP contribution is 2.40. The highest BCUT2D eigenvalue weighted by molar-refractivity contribution is 5.89. The molecular formula is C22H30N2O4. The second-order valence-corrected chi connectivity index (χ2v) is 8.20. The number of nitrogens with zero attached hydrogens (tertiary/aromatic N) is 1. The molecule has 0 radical (unpaired) electrons. The number of nitrogens with one attached hydrogen (secondary N) is 1. The molecule has 3 fully saturated rings. The fourth-order valence-corrected chi connectivity index (χ4v) is 5.08. The van der Waals surface area contributed by atoms with E-state index in [-0.39, 0.29) is 23.9 Å². The first-order chi connectivity index (χ1) is 13.6. The molecule has 6 heteroatoms. The van der Waals surface area contributed by atoms with Crippen molar-refractivity contribution in [1.82, 2.24) is 10.2 Å². The van der Waals surface area contributed by atoms with Crippen molar-refractivity contribution in [2.45, 2.75) is 62.4 Å². The van der Waals surface area contributed by atoms with E-state index in [2.05, 4.69) is 10.2 Å². The van der Waals surface area contributed by atoms with Crippen molar-refractivity contribution in [3.8, 4) is 5.75 Å². The Labute approximate surface area is 166 Å². The molecule has 0 unspecified atom stereocenters. The number of methoxy groups -OCH3 is 1. The second-order valence-electron chi connectivity index (χ2n) is 8.20. The average molecular weight is 386 g/mol. The minimum absolute atomic E-state index is 0.0875. The van der Waals surface area contributed by atoms with Crippen LogP contribution in [0.25, 0.3) is 0 Å². The smallest absolute Gasteiger partial charge is 0.233 e. The molecule has 0 aromatic heterocycles. The van der Waals surface area contributed by atoms with E-state index in [1.54, 1.807) is 7.11 Å². The van der Waals surface area contributed by atoms with Gasteiger partial charge in [-0.15, -0.1) is 0 Å². The number of likely N-dealkylation sites (tertiary alicyclic amines) is 1. The van der Waals surface area contributed by atoms with Gasteiger partial charge >= 0.3 is 0 Å². The van der Waals surface area contributed by atoms with Crippen molar-refractivity contribution in [1.29, 1.82) is 0 Å². The summed E-state index contributed by atoms with van der Waals surface area (Å²) in [5, 5.41) is 3.16. The Bertz CT molecular complexity index is 712. The van der Waals surface area contributed by atoms with Crippen LogP contribution in [0.4, 0.5) is 0 Å². The number of fused-ring (bicyclic) bond motifs is 1. The molecule has 0 aliphatic carbocycles. The summed E-state index contributed by atoms with van der Waals surface area (Å²) >= 11 is 0. The summed E-state index contributed by atoms with van der Waals surface area (Å²) in [7, 11) is 1.65. The van der Waals surface area contributed by atoms with Gasteiger partial charge in [-0.3, -0.25) is 9.59 Å². The Morgan fingerprint density at radius 2 is 1.93 bits per heavy atom. The standard InChI is InChI=1S/C22H30N2O4/c1-27-17-8-6-16(7-9-17)22(11-14-28-15-12-22)21(26)24-13-10-18-19(24)4-2-3-5-20(25)23-18/h6-9,18-19H,2-5,10-15H2,1H3,(H,23,25)/t18-,19+/m0/s1. The van der Waals surface area contributed by atoms with Gasteiger partial charge in [0.25, 0.3) is 0 Å². The molecule has 2 atom stereocenters. The predicted octanol–water partition coefficient (Wildman–Crippen LogP) is 2.40. The van der Waals surface area contributed by atoms with E-state index in [4.69, 9.17) is 9.47 Å². The molecule has 152 valence electrons. The summed E-state index contributed by atoms with van der Waals surface area (Å²) in [5.41, 5.74) is 0.492. The monoisotopic (exact) mass is 386 g/mol. The fourth-order valence-electron chi connectivity index (χ4n) is 5.08. The van der Waals surface area contributed by atoms with Crippen molar-refractivity contribution in [2.75, 3.05) is 26.9 Å². The zero-order valence-electron chi connectivity index (χ0n) is 16.6. The van der Waals surface area contributed by atoms with E-state index >= 15 is 0 Å². The van der Waals surface area contributed by atoms with Crippen LogP contribution >= 0.6 is 0 Å². The number of hydrogen-bond acceptors (Lipinski definition) is 4. The summed E-state index contributed by atoms with van der Waals surface area (Å²) in [4.78, 5) is 28.1. The largest absolute Gasteiger partial charge is 0.497 e. The number of benzene rings is 1. The molecule has 28 heavy (non-hydrogen) atoms. The summed E-state index contributed by atoms with van der Waals surface area (Å²) < 4.78 is 10.9. The Hall–Kier alpha value is -2.08. The number of ether oxygens (including phenoxy) is 2. The first-order valence-corrected chi connectivity index (χ1v) is 10.5. The average Bonchev–Trinajstić information content (AvgIpc) is 3.11. The lowest BCUT2D eigenvalue weighted by molar-refractivity contribution is -0.143. The molecule has 3 aliphatic rings. The lowest BCUT2D eigenvalue weighted by atomic mass is 9.72. The third-order valence-corrected chi connectivity index (χ3v) is 6.71. The highest BCUT2D eigenvalue weighted by Gasteiger charge is 2.48. The van der Waals surface area contributed by atoms with Crippen molar-refractivity contribution in [3.63, 3.8) is 0 Å². The molecule has 0 saturated carbocycles. The van der Waals surface area contributed by atoms with Gasteiger partial charge in [0.1, 0.15) is 5.75 Å². The maximum atomic E-state index is 13.9. The van der Waals surface area contributed by atoms with E-state index in [0.29, 0.717) is 39.0 Å². The summed E-state index contributed by atoms with van der Waals surface area (Å²) in [6.45, 7) is 1.90. The summed E-state index contributed by atoms with van der Waals surface area (Å²) in [6.07, 6.45) is 5.69. The topological polar surface area (TPSA) is 67.9 Å². The fraction of sp³-hybridized carbons (Fsp3) is 0.636. The Balaban J connectivity index is 1.63. The third-order valence-electron chi connectivity index (χ3n) is 6.71. The molecule has 6 nitrogen and oxygen atoms in total. The normalized spacial score (nSPS) is 27.3. The van der Waals surface area contributed by atoms with Crippen LogP contribution in [0, 0.1) is 0 Å². The van der Waals surface area contributed by atoms with Gasteiger partial charge in [-0.05, 0) is 49.8 Å². The third kappa shape index (κ3) is 3.50. The van der Waals surface area contributed by atoms with Gasteiger partial charge in [0.2, 0.25) is 11.8 Å². The van der Waals surface area contributed by atoms with E-state index in [0.717, 1.165) is 37.0 Å². The predicted molar refractivity (Wildman–Crippen MR) is 105 cm³/mol. The van der Waals surface area contributed by atoms with Crippen LogP contribution in [0.15, 0.2) is 24.3 Å². The minimum Gasteiger partial charge on any atom is -0.497 e. The van der Waals surface area contributed by atoms with Crippen LogP contribution in [0.2, 0.25) is 0 Å². The van der Waals surface area contributed by atoms with E-state index in [1.165, 1.54) is 0 Å². The van der Waals surface area contributed by atoms with E-state index in [9.17, 15) is 9.59 Å². The molecule has 1 aromatic carbocycles. The van der Waals surface area contributed by atoms with Gasteiger partial charge in [-0.2, -0.15) is 0 Å². The number of hydrogen-bond donors (Lipinski definition) is 1. The maximum Gasteiger partial charge on any atom is 0.233 e. The Morgan fingerprint density at radius 3 is 2.64 bits per heavy atom. The molecule has 3 saturated heterocycles. The number of amides is 2. The number of carbonyl (C=O) groups excluding carboxylic acids is 2. The van der Waals surface area contributed by atoms with Crippen molar-refractivity contribution in [2.24, 2.45) is 0 Å². The zero-order chi connectivity index (χ0) is 19.6. The van der Waals surface area contributed by atoms with E-state index in [1.807, 2.05) is 24.3 Å². The van der Waals surface area contributed by atoms with Gasteiger partial charge in [-0.1, -0.05) is 18.6 Å². The SMILES string of the molecule is COc1ccc(C2(C(=O)N3CC[C@@H]4NC(=O)CCCC[C@H]43)CCOCC2)cc1. The van der Waals surface area contributed by atoms with Crippen molar-refractivity contribution >= 4 is 11.8 Å². The molecule has 0 bridgehead atoms. The van der Waals surface area contributed by atoms with Crippen LogP contribution in [0.3, 0.4) is 0 Å². The molecule has 1 N–H and O–H groups in total. The molecular weight excluding hydrogens is 356 g/mol. The molecule has 3 heterocycles. The number of carbonyl (C=O) groups is 2. The van der Waals surface area contributed by atoms with Crippen molar-refractivity contribution in [3.05, 3.63) is 29.8 Å². The summed E-state index contributed by atoms with van der Waals surface area (Å²) in [6, 6.07) is 8.11.